The van der Waals surface area contributed by atoms with Crippen molar-refractivity contribution in [1.29, 1.82) is 0 Å². The zero-order valence-corrected chi connectivity index (χ0v) is 10.8. The van der Waals surface area contributed by atoms with E-state index in [1.165, 1.54) is 0 Å². The Morgan fingerprint density at radius 3 is 2.88 bits per heavy atom. The Kier molecular flexibility index (Phi) is 3.51. The molecule has 0 atom stereocenters. The van der Waals surface area contributed by atoms with Crippen LogP contribution in [0.2, 0.25) is 0 Å². The van der Waals surface area contributed by atoms with Crippen molar-refractivity contribution in [3.05, 3.63) is 10.6 Å². The summed E-state index contributed by atoms with van der Waals surface area (Å²) in [5.74, 6) is 0.207. The van der Waals surface area contributed by atoms with E-state index in [0.717, 1.165) is 23.6 Å². The van der Waals surface area contributed by atoms with Crippen LogP contribution in [-0.4, -0.2) is 39.3 Å². The standard InChI is InChI=1S/C11H15N3O2S/c1-7(2)9-10(17-13-12-9)11(16)14-5-3-4-8(15)6-14/h7H,3-6H2,1-2H3. The molecule has 0 aromatic carbocycles. The predicted molar refractivity (Wildman–Crippen MR) is 64.1 cm³/mol. The number of ketones is 1. The van der Waals surface area contributed by atoms with Crippen LogP contribution in [0.1, 0.15) is 48.0 Å². The summed E-state index contributed by atoms with van der Waals surface area (Å²) in [6, 6.07) is 0. The van der Waals surface area contributed by atoms with Crippen molar-refractivity contribution in [1.82, 2.24) is 14.5 Å². The molecule has 1 aromatic rings. The number of likely N-dealkylation sites (tertiary alicyclic amines) is 1. The Bertz CT molecular complexity index is 442. The van der Waals surface area contributed by atoms with Crippen molar-refractivity contribution in [2.24, 2.45) is 0 Å². The van der Waals surface area contributed by atoms with Crippen LogP contribution in [0.4, 0.5) is 0 Å². The second-order valence-electron chi connectivity index (χ2n) is 4.51. The highest BCUT2D eigenvalue weighted by Crippen LogP contribution is 2.22. The lowest BCUT2D eigenvalue weighted by molar-refractivity contribution is -0.121. The lowest BCUT2D eigenvalue weighted by Crippen LogP contribution is -2.40. The summed E-state index contributed by atoms with van der Waals surface area (Å²) >= 11 is 1.12. The van der Waals surface area contributed by atoms with E-state index in [0.29, 0.717) is 17.8 Å². The molecule has 1 aliphatic rings. The molecule has 0 saturated carbocycles. The van der Waals surface area contributed by atoms with Gasteiger partial charge in [-0.15, -0.1) is 5.10 Å². The van der Waals surface area contributed by atoms with Gasteiger partial charge in [-0.1, -0.05) is 18.3 Å². The highest BCUT2D eigenvalue weighted by molar-refractivity contribution is 7.08. The third kappa shape index (κ3) is 2.52. The van der Waals surface area contributed by atoms with Gasteiger partial charge in [0.05, 0.1) is 12.2 Å². The van der Waals surface area contributed by atoms with E-state index in [4.69, 9.17) is 0 Å². The molecule has 0 bridgehead atoms. The highest BCUT2D eigenvalue weighted by atomic mass is 32.1. The number of hydrogen-bond donors (Lipinski definition) is 0. The molecule has 1 saturated heterocycles. The first-order valence-electron chi connectivity index (χ1n) is 5.73. The molecule has 0 radical (unpaired) electrons. The monoisotopic (exact) mass is 253 g/mol. The lowest BCUT2D eigenvalue weighted by Gasteiger charge is -2.25. The van der Waals surface area contributed by atoms with Gasteiger partial charge in [-0.3, -0.25) is 9.59 Å². The number of carbonyl (C=O) groups is 2. The molecule has 1 amide bonds. The van der Waals surface area contributed by atoms with Gasteiger partial charge < -0.3 is 4.90 Å². The number of Topliss-reactive ketones (excluding diaryl/α,β-unsaturated/α-hetero) is 1. The fraction of sp³-hybridized carbons (Fsp3) is 0.636. The number of piperidine rings is 1. The second kappa shape index (κ2) is 4.91. The summed E-state index contributed by atoms with van der Waals surface area (Å²) in [6.07, 6.45) is 1.34. The number of amides is 1. The molecule has 92 valence electrons. The maximum Gasteiger partial charge on any atom is 0.267 e. The molecule has 0 aliphatic carbocycles. The van der Waals surface area contributed by atoms with Gasteiger partial charge in [0.1, 0.15) is 4.88 Å². The molecular weight excluding hydrogens is 238 g/mol. The van der Waals surface area contributed by atoms with Gasteiger partial charge in [0.25, 0.3) is 5.91 Å². The summed E-state index contributed by atoms with van der Waals surface area (Å²) in [5.41, 5.74) is 0.734. The lowest BCUT2D eigenvalue weighted by atomic mass is 10.1. The normalized spacial score (nSPS) is 16.6. The van der Waals surface area contributed by atoms with E-state index in [1.807, 2.05) is 13.8 Å². The van der Waals surface area contributed by atoms with Crippen molar-refractivity contribution in [2.45, 2.75) is 32.6 Å². The van der Waals surface area contributed by atoms with E-state index in [-0.39, 0.29) is 24.2 Å². The number of hydrogen-bond acceptors (Lipinski definition) is 5. The van der Waals surface area contributed by atoms with Gasteiger partial charge in [-0.05, 0) is 23.9 Å². The molecule has 2 heterocycles. The van der Waals surface area contributed by atoms with Crippen LogP contribution in [0, 0.1) is 0 Å². The number of rotatable bonds is 2. The Morgan fingerprint density at radius 1 is 1.47 bits per heavy atom. The average Bonchev–Trinajstić information content (AvgIpc) is 2.77. The largest absolute Gasteiger partial charge is 0.331 e. The van der Waals surface area contributed by atoms with Crippen LogP contribution < -0.4 is 0 Å². The minimum absolute atomic E-state index is 0.100. The first-order chi connectivity index (χ1) is 8.09. The Labute approximate surface area is 104 Å². The third-order valence-electron chi connectivity index (χ3n) is 2.79. The van der Waals surface area contributed by atoms with E-state index in [2.05, 4.69) is 9.59 Å². The average molecular weight is 253 g/mol. The molecule has 0 spiro atoms. The number of aromatic nitrogens is 2. The summed E-state index contributed by atoms with van der Waals surface area (Å²) in [6.45, 7) is 4.85. The third-order valence-corrected chi connectivity index (χ3v) is 3.52. The highest BCUT2D eigenvalue weighted by Gasteiger charge is 2.27. The fourth-order valence-electron chi connectivity index (χ4n) is 1.88. The van der Waals surface area contributed by atoms with Gasteiger partial charge in [0, 0.05) is 13.0 Å². The molecule has 6 heteroatoms. The second-order valence-corrected chi connectivity index (χ2v) is 5.27. The van der Waals surface area contributed by atoms with Gasteiger partial charge >= 0.3 is 0 Å². The van der Waals surface area contributed by atoms with Gasteiger partial charge in [0.15, 0.2) is 5.78 Å². The minimum atomic E-state index is -0.100. The van der Waals surface area contributed by atoms with Crippen LogP contribution in [-0.2, 0) is 4.79 Å². The summed E-state index contributed by atoms with van der Waals surface area (Å²) in [5, 5.41) is 3.99. The Hall–Kier alpha value is -1.30. The molecule has 0 unspecified atom stereocenters. The van der Waals surface area contributed by atoms with Crippen molar-refractivity contribution >= 4 is 23.2 Å². The zero-order chi connectivity index (χ0) is 12.4. The maximum absolute atomic E-state index is 12.2. The van der Waals surface area contributed by atoms with Gasteiger partial charge in [0.2, 0.25) is 0 Å². The predicted octanol–water partition coefficient (Wildman–Crippen LogP) is 1.47. The van der Waals surface area contributed by atoms with Crippen molar-refractivity contribution < 1.29 is 9.59 Å². The Balaban J connectivity index is 2.18. The molecule has 1 fully saturated rings. The van der Waals surface area contributed by atoms with Crippen LogP contribution in [0.3, 0.4) is 0 Å². The fourth-order valence-corrected chi connectivity index (χ4v) is 2.67. The summed E-state index contributed by atoms with van der Waals surface area (Å²) in [4.78, 5) is 25.8. The van der Waals surface area contributed by atoms with Crippen LogP contribution >= 0.6 is 11.5 Å². The molecule has 1 aromatic heterocycles. The van der Waals surface area contributed by atoms with Gasteiger partial charge in [-0.25, -0.2) is 0 Å². The van der Waals surface area contributed by atoms with Crippen LogP contribution in [0.25, 0.3) is 0 Å². The van der Waals surface area contributed by atoms with Crippen LogP contribution in [0.15, 0.2) is 0 Å². The first-order valence-corrected chi connectivity index (χ1v) is 6.50. The zero-order valence-electron chi connectivity index (χ0n) is 9.97. The van der Waals surface area contributed by atoms with Crippen molar-refractivity contribution in [3.63, 3.8) is 0 Å². The van der Waals surface area contributed by atoms with Gasteiger partial charge in [-0.2, -0.15) is 0 Å². The van der Waals surface area contributed by atoms with E-state index in [9.17, 15) is 9.59 Å². The molecule has 17 heavy (non-hydrogen) atoms. The van der Waals surface area contributed by atoms with Crippen molar-refractivity contribution in [2.75, 3.05) is 13.1 Å². The van der Waals surface area contributed by atoms with E-state index < -0.39 is 0 Å². The molecule has 2 rings (SSSR count). The summed E-state index contributed by atoms with van der Waals surface area (Å²) < 4.78 is 3.84. The quantitative estimate of drug-likeness (QED) is 0.800. The minimum Gasteiger partial charge on any atom is -0.331 e. The topological polar surface area (TPSA) is 63.2 Å². The van der Waals surface area contributed by atoms with Crippen LogP contribution in [0.5, 0.6) is 0 Å². The smallest absolute Gasteiger partial charge is 0.267 e. The summed E-state index contributed by atoms with van der Waals surface area (Å²) in [7, 11) is 0. The first kappa shape index (κ1) is 12.2. The molecular formula is C11H15N3O2S. The molecule has 1 aliphatic heterocycles. The SMILES string of the molecule is CC(C)c1nnsc1C(=O)N1CCCC(=O)C1. The van der Waals surface area contributed by atoms with E-state index >= 15 is 0 Å². The number of carbonyl (C=O) groups excluding carboxylic acids is 2. The molecule has 0 N–H and O–H groups in total. The Morgan fingerprint density at radius 2 is 2.24 bits per heavy atom. The maximum atomic E-state index is 12.2. The van der Waals surface area contributed by atoms with Crippen molar-refractivity contribution in [3.8, 4) is 0 Å². The van der Waals surface area contributed by atoms with E-state index in [1.54, 1.807) is 4.90 Å². The number of nitrogens with zero attached hydrogens (tertiary/aromatic N) is 3. The molecule has 5 nitrogen and oxygen atoms in total.